The summed E-state index contributed by atoms with van der Waals surface area (Å²) in [5.41, 5.74) is 9.77. The molecule has 0 aliphatic heterocycles. The zero-order valence-electron chi connectivity index (χ0n) is 19.6. The first-order chi connectivity index (χ1) is 16.3. The van der Waals surface area contributed by atoms with Crippen LogP contribution in [0.2, 0.25) is 0 Å². The summed E-state index contributed by atoms with van der Waals surface area (Å²) in [5.74, 6) is -0.336. The molecule has 2 aromatic carbocycles. The van der Waals surface area contributed by atoms with E-state index < -0.39 is 11.7 Å². The smallest absolute Gasteiger partial charge is 0.253 e. The van der Waals surface area contributed by atoms with Crippen molar-refractivity contribution >= 4 is 28.3 Å². The summed E-state index contributed by atoms with van der Waals surface area (Å²) in [6.45, 7) is 4.25. The first kappa shape index (κ1) is 23.3. The molecule has 0 atom stereocenters. The molecule has 0 radical (unpaired) electrons. The van der Waals surface area contributed by atoms with Crippen LogP contribution in [0, 0.1) is 5.82 Å². The Labute approximate surface area is 197 Å². The van der Waals surface area contributed by atoms with Crippen LogP contribution in [-0.4, -0.2) is 30.0 Å². The number of halogens is 1. The van der Waals surface area contributed by atoms with Gasteiger partial charge >= 0.3 is 0 Å². The summed E-state index contributed by atoms with van der Waals surface area (Å²) in [4.78, 5) is 21.1. The van der Waals surface area contributed by atoms with Gasteiger partial charge in [0.2, 0.25) is 0 Å². The molecule has 7 nitrogen and oxygen atoms in total. The number of amides is 1. The van der Waals surface area contributed by atoms with E-state index in [2.05, 4.69) is 52.4 Å². The van der Waals surface area contributed by atoms with Gasteiger partial charge in [-0.1, -0.05) is 18.2 Å². The molecule has 2 heterocycles. The van der Waals surface area contributed by atoms with Crippen molar-refractivity contribution in [1.29, 1.82) is 0 Å². The van der Waals surface area contributed by atoms with E-state index in [1.165, 1.54) is 19.2 Å². The molecular formula is C26H28FN6O+. The van der Waals surface area contributed by atoms with Crippen LogP contribution >= 0.6 is 0 Å². The number of rotatable bonds is 7. The second kappa shape index (κ2) is 9.54. The molecule has 8 heteroatoms. The summed E-state index contributed by atoms with van der Waals surface area (Å²) in [5, 5.41) is 5.60. The van der Waals surface area contributed by atoms with Gasteiger partial charge in [0.05, 0.1) is 16.8 Å². The van der Waals surface area contributed by atoms with Gasteiger partial charge in [-0.05, 0) is 56.3 Å². The van der Waals surface area contributed by atoms with Crippen LogP contribution in [0.5, 0.6) is 0 Å². The highest BCUT2D eigenvalue weighted by Crippen LogP contribution is 2.27. The second-order valence-corrected chi connectivity index (χ2v) is 8.55. The number of carbonyl (C=O) groups excluding carboxylic acids is 1. The lowest BCUT2D eigenvalue weighted by molar-refractivity contribution is -0.658. The average Bonchev–Trinajstić information content (AvgIpc) is 2.84. The minimum absolute atomic E-state index is 0.00145. The zero-order chi connectivity index (χ0) is 24.3. The molecule has 0 spiro atoms. The molecule has 0 aliphatic carbocycles. The van der Waals surface area contributed by atoms with Crippen LogP contribution in [0.1, 0.15) is 29.8 Å². The number of hydrazine groups is 1. The number of fused-ring (bicyclic) bond motifs is 1. The Balaban J connectivity index is 1.71. The van der Waals surface area contributed by atoms with Crippen molar-refractivity contribution in [3.8, 4) is 11.3 Å². The lowest BCUT2D eigenvalue weighted by atomic mass is 9.93. The Kier molecular flexibility index (Phi) is 6.54. The monoisotopic (exact) mass is 459 g/mol. The SMILES string of the molecule is CNNc1ccc(-c2ccc(C(=O)NC)c(F)c2)nc1[NH2+]C(C)(C)c1ccc2ncccc2c1. The molecule has 0 saturated heterocycles. The van der Waals surface area contributed by atoms with E-state index >= 15 is 0 Å². The van der Waals surface area contributed by atoms with Gasteiger partial charge in [0.15, 0.2) is 0 Å². The molecule has 0 unspecified atom stereocenters. The molecule has 0 saturated carbocycles. The zero-order valence-corrected chi connectivity index (χ0v) is 19.6. The molecular weight excluding hydrogens is 431 g/mol. The summed E-state index contributed by atoms with van der Waals surface area (Å²) in [7, 11) is 3.26. The Bertz CT molecular complexity index is 1350. The van der Waals surface area contributed by atoms with Gasteiger partial charge in [0.1, 0.15) is 17.0 Å². The van der Waals surface area contributed by atoms with Crippen molar-refractivity contribution in [2.45, 2.75) is 19.4 Å². The van der Waals surface area contributed by atoms with Gasteiger partial charge < -0.3 is 10.7 Å². The first-order valence-corrected chi connectivity index (χ1v) is 11.0. The maximum absolute atomic E-state index is 14.6. The highest BCUT2D eigenvalue weighted by atomic mass is 19.1. The van der Waals surface area contributed by atoms with Crippen LogP contribution < -0.4 is 21.5 Å². The Hall–Kier alpha value is -3.88. The number of hydrogen-bond acceptors (Lipinski definition) is 5. The van der Waals surface area contributed by atoms with E-state index in [4.69, 9.17) is 4.98 Å². The normalized spacial score (nSPS) is 11.4. The number of nitrogens with one attached hydrogen (secondary N) is 3. The number of pyridine rings is 2. The molecule has 34 heavy (non-hydrogen) atoms. The summed E-state index contributed by atoms with van der Waals surface area (Å²) >= 11 is 0. The number of nitrogens with two attached hydrogens (primary N) is 1. The lowest BCUT2D eigenvalue weighted by Gasteiger charge is -2.24. The molecule has 4 aromatic rings. The van der Waals surface area contributed by atoms with Crippen molar-refractivity contribution in [1.82, 2.24) is 20.7 Å². The van der Waals surface area contributed by atoms with Crippen molar-refractivity contribution in [3.05, 3.63) is 83.8 Å². The van der Waals surface area contributed by atoms with Crippen molar-refractivity contribution < 1.29 is 14.5 Å². The third-order valence-corrected chi connectivity index (χ3v) is 5.77. The average molecular weight is 460 g/mol. The minimum Gasteiger partial charge on any atom is -0.355 e. The van der Waals surface area contributed by atoms with Gasteiger partial charge in [0, 0.05) is 36.8 Å². The molecule has 4 rings (SSSR count). The highest BCUT2D eigenvalue weighted by molar-refractivity contribution is 5.94. The van der Waals surface area contributed by atoms with Crippen LogP contribution in [0.25, 0.3) is 22.2 Å². The van der Waals surface area contributed by atoms with Crippen molar-refractivity contribution in [2.75, 3.05) is 19.5 Å². The van der Waals surface area contributed by atoms with E-state index in [1.807, 2.05) is 30.3 Å². The second-order valence-electron chi connectivity index (χ2n) is 8.55. The van der Waals surface area contributed by atoms with Crippen LogP contribution in [0.4, 0.5) is 15.9 Å². The fourth-order valence-corrected chi connectivity index (χ4v) is 3.88. The summed E-state index contributed by atoms with van der Waals surface area (Å²) in [6, 6.07) is 18.4. The largest absolute Gasteiger partial charge is 0.355 e. The van der Waals surface area contributed by atoms with E-state index in [9.17, 15) is 9.18 Å². The van der Waals surface area contributed by atoms with Crippen LogP contribution in [0.15, 0.2) is 66.9 Å². The Morgan fingerprint density at radius 3 is 2.59 bits per heavy atom. The molecule has 5 N–H and O–H groups in total. The molecule has 0 bridgehead atoms. The number of anilines is 1. The van der Waals surface area contributed by atoms with E-state index in [1.54, 1.807) is 19.3 Å². The van der Waals surface area contributed by atoms with Crippen LogP contribution in [0.3, 0.4) is 0 Å². The predicted octanol–water partition coefficient (Wildman–Crippen LogP) is 3.47. The summed E-state index contributed by atoms with van der Waals surface area (Å²) in [6.07, 6.45) is 1.79. The van der Waals surface area contributed by atoms with Gasteiger partial charge in [-0.25, -0.2) is 9.82 Å². The molecule has 1 amide bonds. The maximum Gasteiger partial charge on any atom is 0.253 e. The first-order valence-electron chi connectivity index (χ1n) is 11.0. The van der Waals surface area contributed by atoms with Crippen molar-refractivity contribution in [2.24, 2.45) is 0 Å². The number of hydrogen-bond donors (Lipinski definition) is 4. The number of carbonyl (C=O) groups is 1. The van der Waals surface area contributed by atoms with Gasteiger partial charge in [-0.15, -0.1) is 0 Å². The predicted molar refractivity (Wildman–Crippen MR) is 132 cm³/mol. The third-order valence-electron chi connectivity index (χ3n) is 5.77. The van der Waals surface area contributed by atoms with E-state index in [0.29, 0.717) is 11.3 Å². The van der Waals surface area contributed by atoms with Gasteiger partial charge in [-0.3, -0.25) is 15.1 Å². The quantitative estimate of drug-likeness (QED) is 0.318. The number of benzene rings is 2. The molecule has 0 aliphatic rings. The molecule has 174 valence electrons. The number of quaternary nitrogens is 1. The molecule has 0 fully saturated rings. The summed E-state index contributed by atoms with van der Waals surface area (Å²) < 4.78 is 14.6. The number of nitrogens with zero attached hydrogens (tertiary/aromatic N) is 2. The van der Waals surface area contributed by atoms with Crippen molar-refractivity contribution in [3.63, 3.8) is 0 Å². The third kappa shape index (κ3) is 4.73. The fourth-order valence-electron chi connectivity index (χ4n) is 3.88. The Morgan fingerprint density at radius 1 is 1.03 bits per heavy atom. The number of aromatic nitrogens is 2. The topological polar surface area (TPSA) is 95.5 Å². The highest BCUT2D eigenvalue weighted by Gasteiger charge is 2.28. The minimum atomic E-state index is -0.591. The maximum atomic E-state index is 14.6. The van der Waals surface area contributed by atoms with E-state index in [-0.39, 0.29) is 11.1 Å². The molecule has 2 aromatic heterocycles. The van der Waals surface area contributed by atoms with E-state index in [0.717, 1.165) is 28.0 Å². The Morgan fingerprint density at radius 2 is 1.85 bits per heavy atom. The van der Waals surface area contributed by atoms with Gasteiger partial charge in [-0.2, -0.15) is 4.98 Å². The van der Waals surface area contributed by atoms with Gasteiger partial charge in [0.25, 0.3) is 11.7 Å². The fraction of sp³-hybridized carbons (Fsp3) is 0.192. The van der Waals surface area contributed by atoms with Crippen LogP contribution in [-0.2, 0) is 5.54 Å². The standard InChI is InChI=1S/C26H27FN6O/c1-26(2,18-8-10-21-16(14-18)6-5-13-30-21)32-24-23(33-29-4)12-11-22(31-24)17-7-9-19(20(27)15-17)25(34)28-3/h5-15,29,33H,1-4H3,(H,28,34)(H,31,32)/p+1. The lowest BCUT2D eigenvalue weighted by Crippen LogP contribution is -2.88.